The van der Waals surface area contributed by atoms with Crippen LogP contribution in [0.1, 0.15) is 86.6 Å². The van der Waals surface area contributed by atoms with Gasteiger partial charge in [0.05, 0.1) is 49.8 Å². The minimum Gasteiger partial charge on any atom is -0.411 e. The Kier molecular flexibility index (Phi) is 14.4. The Hall–Kier alpha value is -2.53. The summed E-state index contributed by atoms with van der Waals surface area (Å²) in [6.45, 7) is 23.5. The smallest absolute Gasteiger partial charge is 0.261 e. The Labute approximate surface area is 367 Å². The van der Waals surface area contributed by atoms with Crippen LogP contribution in [-0.4, -0.2) is 102 Å². The second-order valence-electron chi connectivity index (χ2n) is 20.5. The van der Waals surface area contributed by atoms with Gasteiger partial charge in [0.1, 0.15) is 24.4 Å². The molecular formula is C50H72O9Si2. The summed E-state index contributed by atoms with van der Waals surface area (Å²) in [5.41, 5.74) is 1.07. The van der Waals surface area contributed by atoms with Crippen molar-refractivity contribution in [3.05, 3.63) is 109 Å². The van der Waals surface area contributed by atoms with Crippen LogP contribution in [0.5, 0.6) is 0 Å². The van der Waals surface area contributed by atoms with Gasteiger partial charge < -0.3 is 42.4 Å². The zero-order chi connectivity index (χ0) is 43.6. The number of hydrogen-bond donors (Lipinski definition) is 1. The van der Waals surface area contributed by atoms with Gasteiger partial charge in [0, 0.05) is 19.4 Å². The molecule has 61 heavy (non-hydrogen) atoms. The molecule has 0 saturated carbocycles. The van der Waals surface area contributed by atoms with Gasteiger partial charge in [0.2, 0.25) is 0 Å². The molecule has 4 heterocycles. The molecule has 0 aromatic heterocycles. The second kappa shape index (κ2) is 18.9. The van der Waals surface area contributed by atoms with Gasteiger partial charge in [0.15, 0.2) is 14.1 Å². The normalized spacial score (nSPS) is 30.0. The second-order valence-corrected chi connectivity index (χ2v) is 29.6. The molecule has 3 saturated heterocycles. The topological polar surface area (TPSA) is 94.1 Å². The number of benzene rings is 3. The molecule has 334 valence electrons. The summed E-state index contributed by atoms with van der Waals surface area (Å²) in [4.78, 5) is 0. The molecule has 0 spiro atoms. The van der Waals surface area contributed by atoms with Crippen molar-refractivity contribution < 1.29 is 42.4 Å². The number of rotatable bonds is 14. The van der Waals surface area contributed by atoms with E-state index in [1.165, 1.54) is 10.4 Å². The lowest BCUT2D eigenvalue weighted by Gasteiger charge is -2.53. The molecule has 0 bridgehead atoms. The van der Waals surface area contributed by atoms with Crippen LogP contribution in [-0.2, 0) is 43.9 Å². The molecule has 9 nitrogen and oxygen atoms in total. The van der Waals surface area contributed by atoms with E-state index in [2.05, 4.69) is 134 Å². The summed E-state index contributed by atoms with van der Waals surface area (Å²) in [7, 11) is -5.05. The maximum atomic E-state index is 11.6. The van der Waals surface area contributed by atoms with E-state index in [-0.39, 0.29) is 40.6 Å². The minimum absolute atomic E-state index is 0.000845. The van der Waals surface area contributed by atoms with Gasteiger partial charge >= 0.3 is 0 Å². The van der Waals surface area contributed by atoms with E-state index in [1.54, 1.807) is 0 Å². The molecule has 3 aromatic carbocycles. The van der Waals surface area contributed by atoms with E-state index in [9.17, 15) is 5.11 Å². The van der Waals surface area contributed by atoms with Gasteiger partial charge in [-0.15, -0.1) is 0 Å². The quantitative estimate of drug-likeness (QED) is 0.127. The van der Waals surface area contributed by atoms with Crippen LogP contribution in [0.25, 0.3) is 0 Å². The highest BCUT2D eigenvalue weighted by Crippen LogP contribution is 2.44. The highest BCUT2D eigenvalue weighted by molar-refractivity contribution is 6.99. The van der Waals surface area contributed by atoms with Gasteiger partial charge in [0.25, 0.3) is 8.32 Å². The lowest BCUT2D eigenvalue weighted by molar-refractivity contribution is -0.301. The van der Waals surface area contributed by atoms with Crippen LogP contribution < -0.4 is 10.4 Å². The van der Waals surface area contributed by atoms with Crippen LogP contribution in [0.2, 0.25) is 23.2 Å². The first kappa shape index (κ1) is 46.5. The van der Waals surface area contributed by atoms with Crippen LogP contribution >= 0.6 is 0 Å². The molecule has 11 heteroatoms. The molecule has 0 amide bonds. The van der Waals surface area contributed by atoms with E-state index in [0.29, 0.717) is 45.5 Å². The Morgan fingerprint density at radius 1 is 0.787 bits per heavy atom. The maximum Gasteiger partial charge on any atom is 0.261 e. The zero-order valence-electron chi connectivity index (χ0n) is 38.3. The predicted octanol–water partition coefficient (Wildman–Crippen LogP) is 8.47. The minimum atomic E-state index is -2.80. The monoisotopic (exact) mass is 872 g/mol. The average Bonchev–Trinajstić information content (AvgIpc) is 3.41. The van der Waals surface area contributed by atoms with Crippen LogP contribution in [0.4, 0.5) is 0 Å². The molecule has 10 atom stereocenters. The van der Waals surface area contributed by atoms with Gasteiger partial charge in [-0.3, -0.25) is 0 Å². The fourth-order valence-corrected chi connectivity index (χ4v) is 15.4. The number of ether oxygens (including phenoxy) is 6. The molecule has 3 aromatic rings. The molecule has 0 aliphatic carbocycles. The lowest BCUT2D eigenvalue weighted by atomic mass is 9.86. The molecule has 4 aliphatic rings. The number of fused-ring (bicyclic) bond motifs is 2. The van der Waals surface area contributed by atoms with E-state index in [0.717, 1.165) is 5.56 Å². The number of hydrogen-bond acceptors (Lipinski definition) is 9. The molecule has 3 fully saturated rings. The standard InChI is InChI=1S/C50H72O9Si2/c1-48(2,3)60(9,10)59-43-32-44-46(57-41(43)29-30-54-61(49(4,5)6,37-23-16-12-17-24-37)38-25-18-13-19-26-38)47(52-33-35-21-14-11-15-22-35)45-42(55-44)28-20-27-40(56-45)39(51)31-36-34-53-50(7,8)58-36/h11-27,36,39-47,51H,28-34H2,1-10H3/t36-,39+,40+,41+,42-,43-,44+,45-,46+,47+/m0/s1. The number of aliphatic hydroxyl groups is 1. The SMILES string of the molecule is CC1(C)OC[C@H](C[C@@H](O)[C@H]2C=CC[C@@H]3O[C@@H]4C[C@H](O[Si](C)(C)C(C)(C)C)[C@@H](CCO[Si](c5ccccc5)(c5ccccc5)C(C)(C)C)O[C@H]4[C@H](OCc4ccccc4)[C@H]3O2)O1. The predicted molar refractivity (Wildman–Crippen MR) is 245 cm³/mol. The zero-order valence-corrected chi connectivity index (χ0v) is 40.3. The van der Waals surface area contributed by atoms with Crippen LogP contribution in [0, 0.1) is 0 Å². The van der Waals surface area contributed by atoms with E-state index in [4.69, 9.17) is 37.3 Å². The fraction of sp³-hybridized carbons (Fsp3) is 0.600. The number of aliphatic hydroxyl groups excluding tert-OH is 1. The summed E-state index contributed by atoms with van der Waals surface area (Å²) in [6, 6.07) is 31.9. The summed E-state index contributed by atoms with van der Waals surface area (Å²) in [5, 5.41) is 14.0. The van der Waals surface area contributed by atoms with Crippen molar-refractivity contribution in [2.75, 3.05) is 13.2 Å². The summed E-state index contributed by atoms with van der Waals surface area (Å²) >= 11 is 0. The highest BCUT2D eigenvalue weighted by atomic mass is 28.4. The van der Waals surface area contributed by atoms with Gasteiger partial charge in [-0.1, -0.05) is 145 Å². The van der Waals surface area contributed by atoms with E-state index >= 15 is 0 Å². The van der Waals surface area contributed by atoms with Gasteiger partial charge in [-0.25, -0.2) is 0 Å². The van der Waals surface area contributed by atoms with Crippen LogP contribution in [0.3, 0.4) is 0 Å². The van der Waals surface area contributed by atoms with Gasteiger partial charge in [-0.2, -0.15) is 0 Å². The first-order chi connectivity index (χ1) is 28.9. The summed E-state index contributed by atoms with van der Waals surface area (Å²) < 4.78 is 55.0. The Balaban J connectivity index is 1.19. The van der Waals surface area contributed by atoms with Gasteiger partial charge in [-0.05, 0) is 65.8 Å². The third kappa shape index (κ3) is 10.6. The summed E-state index contributed by atoms with van der Waals surface area (Å²) in [5.74, 6) is -0.677. The van der Waals surface area contributed by atoms with E-state index < -0.39 is 52.9 Å². The van der Waals surface area contributed by atoms with Crippen LogP contribution in [0.15, 0.2) is 103 Å². The van der Waals surface area contributed by atoms with Crippen molar-refractivity contribution in [2.24, 2.45) is 0 Å². The van der Waals surface area contributed by atoms with Crippen molar-refractivity contribution >= 4 is 27.0 Å². The maximum absolute atomic E-state index is 11.6. The Bertz CT molecular complexity index is 1820. The van der Waals surface area contributed by atoms with Crippen molar-refractivity contribution in [1.29, 1.82) is 0 Å². The largest absolute Gasteiger partial charge is 0.411 e. The molecule has 1 N–H and O–H groups in total. The third-order valence-electron chi connectivity index (χ3n) is 13.6. The van der Waals surface area contributed by atoms with Crippen molar-refractivity contribution in [2.45, 2.75) is 178 Å². The Morgan fingerprint density at radius 2 is 1.39 bits per heavy atom. The van der Waals surface area contributed by atoms with Crippen molar-refractivity contribution in [3.8, 4) is 0 Å². The first-order valence-electron chi connectivity index (χ1n) is 22.6. The molecule has 0 unspecified atom stereocenters. The summed E-state index contributed by atoms with van der Waals surface area (Å²) in [6.07, 6.45) is 2.26. The van der Waals surface area contributed by atoms with E-state index in [1.807, 2.05) is 38.1 Å². The molecule has 0 radical (unpaired) electrons. The first-order valence-corrected chi connectivity index (χ1v) is 27.4. The lowest BCUT2D eigenvalue weighted by Crippen LogP contribution is -2.67. The van der Waals surface area contributed by atoms with Crippen molar-refractivity contribution in [3.63, 3.8) is 0 Å². The molecular weight excluding hydrogens is 801 g/mol. The Morgan fingerprint density at radius 3 is 1.97 bits per heavy atom. The van der Waals surface area contributed by atoms with Crippen molar-refractivity contribution in [1.82, 2.24) is 0 Å². The third-order valence-corrected chi connectivity index (χ3v) is 23.1. The highest BCUT2D eigenvalue weighted by Gasteiger charge is 2.56. The molecule has 7 rings (SSSR count). The average molecular weight is 873 g/mol. The fourth-order valence-electron chi connectivity index (χ4n) is 9.42. The molecule has 4 aliphatic heterocycles.